The van der Waals surface area contributed by atoms with Crippen LogP contribution in [0.4, 0.5) is 27.8 Å². The Bertz CT molecular complexity index is 1020. The first-order chi connectivity index (χ1) is 15.1. The van der Waals surface area contributed by atoms with Crippen LogP contribution in [0.3, 0.4) is 0 Å². The molecule has 3 heterocycles. The number of ether oxygens (including phenoxy) is 1. The number of nitrogens with one attached hydrogen (secondary N) is 2. The molecule has 1 aliphatic heterocycles. The molecule has 0 radical (unpaired) electrons. The van der Waals surface area contributed by atoms with E-state index in [-0.39, 0.29) is 6.03 Å². The predicted molar refractivity (Wildman–Crippen MR) is 120 cm³/mol. The van der Waals surface area contributed by atoms with Crippen molar-refractivity contribution in [3.63, 3.8) is 0 Å². The monoisotopic (exact) mass is 419 g/mol. The first-order valence-corrected chi connectivity index (χ1v) is 10.1. The zero-order valence-corrected chi connectivity index (χ0v) is 17.6. The minimum atomic E-state index is -0.101. The maximum Gasteiger partial charge on any atom is 0.321 e. The number of aryl methyl sites for hydroxylation is 1. The molecule has 0 unspecified atom stereocenters. The van der Waals surface area contributed by atoms with Gasteiger partial charge in [0.15, 0.2) is 11.6 Å². The summed E-state index contributed by atoms with van der Waals surface area (Å²) in [7, 11) is 1.63. The van der Waals surface area contributed by atoms with Gasteiger partial charge in [0.2, 0.25) is 0 Å². The summed E-state index contributed by atoms with van der Waals surface area (Å²) in [5, 5.41) is 14.8. The summed E-state index contributed by atoms with van der Waals surface area (Å²) in [5.74, 6) is 2.24. The molecule has 1 saturated heterocycles. The van der Waals surface area contributed by atoms with Crippen molar-refractivity contribution in [3.05, 3.63) is 60.4 Å². The molecule has 0 spiro atoms. The van der Waals surface area contributed by atoms with Crippen LogP contribution in [0.2, 0.25) is 0 Å². The first kappa shape index (κ1) is 20.4. The van der Waals surface area contributed by atoms with Gasteiger partial charge in [-0.15, -0.1) is 10.2 Å². The normalized spacial score (nSPS) is 13.6. The number of benzene rings is 1. The first-order valence-electron chi connectivity index (χ1n) is 10.1. The SMILES string of the molecule is COc1ccc(NC(=O)N2CCN(c3ccc(Nc4ccncc4)nn3)CC2)c(C)c1. The van der Waals surface area contributed by atoms with Crippen molar-refractivity contribution in [1.29, 1.82) is 0 Å². The van der Waals surface area contributed by atoms with E-state index < -0.39 is 0 Å². The molecular weight excluding hydrogens is 394 g/mol. The average molecular weight is 419 g/mol. The molecule has 160 valence electrons. The van der Waals surface area contributed by atoms with Gasteiger partial charge in [0, 0.05) is 49.9 Å². The lowest BCUT2D eigenvalue weighted by molar-refractivity contribution is 0.208. The molecule has 1 aromatic carbocycles. The van der Waals surface area contributed by atoms with Crippen molar-refractivity contribution in [2.45, 2.75) is 6.92 Å². The molecule has 2 amide bonds. The van der Waals surface area contributed by atoms with Crippen LogP contribution < -0.4 is 20.3 Å². The molecule has 9 heteroatoms. The van der Waals surface area contributed by atoms with Gasteiger partial charge < -0.3 is 25.2 Å². The van der Waals surface area contributed by atoms with E-state index in [1.807, 2.05) is 54.3 Å². The van der Waals surface area contributed by atoms with E-state index in [1.165, 1.54) is 0 Å². The van der Waals surface area contributed by atoms with Gasteiger partial charge in [-0.25, -0.2) is 4.79 Å². The summed E-state index contributed by atoms with van der Waals surface area (Å²) < 4.78 is 5.22. The second-order valence-electron chi connectivity index (χ2n) is 7.22. The van der Waals surface area contributed by atoms with E-state index >= 15 is 0 Å². The lowest BCUT2D eigenvalue weighted by Crippen LogP contribution is -2.50. The maximum atomic E-state index is 12.7. The van der Waals surface area contributed by atoms with Gasteiger partial charge in [-0.3, -0.25) is 4.98 Å². The largest absolute Gasteiger partial charge is 0.497 e. The summed E-state index contributed by atoms with van der Waals surface area (Å²) in [5.41, 5.74) is 2.65. The average Bonchev–Trinajstić information content (AvgIpc) is 2.81. The molecular formula is C22H25N7O2. The minimum absolute atomic E-state index is 0.101. The highest BCUT2D eigenvalue weighted by Gasteiger charge is 2.22. The highest BCUT2D eigenvalue weighted by Crippen LogP contribution is 2.22. The Kier molecular flexibility index (Phi) is 6.11. The standard InChI is InChI=1S/C22H25N7O2/c1-16-15-18(31-2)3-4-19(16)25-22(30)29-13-11-28(12-14-29)21-6-5-20(26-27-21)24-17-7-9-23-10-8-17/h3-10,15H,11-14H2,1-2H3,(H,25,30)(H,23,24,26). The number of pyridine rings is 1. The molecule has 9 nitrogen and oxygen atoms in total. The molecule has 1 fully saturated rings. The molecule has 4 rings (SSSR count). The van der Waals surface area contributed by atoms with Crippen LogP contribution in [0.1, 0.15) is 5.56 Å². The summed E-state index contributed by atoms with van der Waals surface area (Å²) in [6.45, 7) is 4.56. The van der Waals surface area contributed by atoms with Crippen molar-refractivity contribution in [2.75, 3.05) is 48.8 Å². The molecule has 0 saturated carbocycles. The Morgan fingerprint density at radius 2 is 1.77 bits per heavy atom. The molecule has 0 aliphatic carbocycles. The number of carbonyl (C=O) groups is 1. The van der Waals surface area contributed by atoms with Gasteiger partial charge in [0.1, 0.15) is 5.75 Å². The topological polar surface area (TPSA) is 95.5 Å². The number of hydrogen-bond acceptors (Lipinski definition) is 7. The fourth-order valence-corrected chi connectivity index (χ4v) is 3.38. The van der Waals surface area contributed by atoms with Gasteiger partial charge in [0.25, 0.3) is 0 Å². The van der Waals surface area contributed by atoms with Crippen molar-refractivity contribution in [1.82, 2.24) is 20.1 Å². The van der Waals surface area contributed by atoms with Gasteiger partial charge >= 0.3 is 6.03 Å². The fourth-order valence-electron chi connectivity index (χ4n) is 3.38. The lowest BCUT2D eigenvalue weighted by atomic mass is 10.2. The quantitative estimate of drug-likeness (QED) is 0.655. The Morgan fingerprint density at radius 3 is 2.42 bits per heavy atom. The molecule has 2 aromatic heterocycles. The van der Waals surface area contributed by atoms with Crippen molar-refractivity contribution >= 4 is 29.0 Å². The number of urea groups is 1. The molecule has 2 N–H and O–H groups in total. The molecule has 3 aromatic rings. The van der Waals surface area contributed by atoms with Crippen molar-refractivity contribution in [3.8, 4) is 5.75 Å². The smallest absolute Gasteiger partial charge is 0.321 e. The van der Waals surface area contributed by atoms with Crippen LogP contribution >= 0.6 is 0 Å². The number of piperazine rings is 1. The summed E-state index contributed by atoms with van der Waals surface area (Å²) in [6, 6.07) is 13.1. The van der Waals surface area contributed by atoms with E-state index in [0.29, 0.717) is 32.0 Å². The van der Waals surface area contributed by atoms with Crippen LogP contribution in [0, 0.1) is 6.92 Å². The predicted octanol–water partition coefficient (Wildman–Crippen LogP) is 3.29. The highest BCUT2D eigenvalue weighted by atomic mass is 16.5. The van der Waals surface area contributed by atoms with Crippen LogP contribution in [-0.4, -0.2) is 59.4 Å². The Labute approximate surface area is 181 Å². The Hall–Kier alpha value is -3.88. The third kappa shape index (κ3) is 5.00. The number of nitrogens with zero attached hydrogens (tertiary/aromatic N) is 5. The number of rotatable bonds is 5. The Morgan fingerprint density at radius 1 is 1.00 bits per heavy atom. The number of carbonyl (C=O) groups excluding carboxylic acids is 1. The Balaban J connectivity index is 1.30. The van der Waals surface area contributed by atoms with Gasteiger partial charge in [-0.2, -0.15) is 0 Å². The number of aromatic nitrogens is 3. The van der Waals surface area contributed by atoms with E-state index in [0.717, 1.165) is 28.5 Å². The number of amides is 2. The highest BCUT2D eigenvalue weighted by molar-refractivity contribution is 5.90. The van der Waals surface area contributed by atoms with Crippen LogP contribution in [0.15, 0.2) is 54.9 Å². The molecule has 0 bridgehead atoms. The zero-order valence-electron chi connectivity index (χ0n) is 17.6. The van der Waals surface area contributed by atoms with Crippen LogP contribution in [0.25, 0.3) is 0 Å². The van der Waals surface area contributed by atoms with Gasteiger partial charge in [0.05, 0.1) is 7.11 Å². The van der Waals surface area contributed by atoms with Crippen LogP contribution in [-0.2, 0) is 0 Å². The molecule has 31 heavy (non-hydrogen) atoms. The number of hydrogen-bond donors (Lipinski definition) is 2. The van der Waals surface area contributed by atoms with Gasteiger partial charge in [-0.05, 0) is 55.0 Å². The molecule has 1 aliphatic rings. The fraction of sp³-hybridized carbons (Fsp3) is 0.273. The number of anilines is 4. The van der Waals surface area contributed by atoms with Crippen molar-refractivity contribution in [2.24, 2.45) is 0 Å². The lowest BCUT2D eigenvalue weighted by Gasteiger charge is -2.35. The van der Waals surface area contributed by atoms with E-state index in [2.05, 4.69) is 30.7 Å². The number of methoxy groups -OCH3 is 1. The van der Waals surface area contributed by atoms with Gasteiger partial charge in [-0.1, -0.05) is 0 Å². The minimum Gasteiger partial charge on any atom is -0.497 e. The third-order valence-corrected chi connectivity index (χ3v) is 5.17. The summed E-state index contributed by atoms with van der Waals surface area (Å²) in [4.78, 5) is 20.6. The zero-order chi connectivity index (χ0) is 21.6. The van der Waals surface area contributed by atoms with E-state index in [1.54, 1.807) is 19.5 Å². The van der Waals surface area contributed by atoms with E-state index in [9.17, 15) is 4.79 Å². The summed E-state index contributed by atoms with van der Waals surface area (Å²) in [6.07, 6.45) is 3.44. The van der Waals surface area contributed by atoms with Crippen molar-refractivity contribution < 1.29 is 9.53 Å². The summed E-state index contributed by atoms with van der Waals surface area (Å²) >= 11 is 0. The molecule has 0 atom stereocenters. The van der Waals surface area contributed by atoms with E-state index in [4.69, 9.17) is 4.74 Å². The van der Waals surface area contributed by atoms with Crippen LogP contribution in [0.5, 0.6) is 5.75 Å². The third-order valence-electron chi connectivity index (χ3n) is 5.17. The second kappa shape index (κ2) is 9.29. The second-order valence-corrected chi connectivity index (χ2v) is 7.22. The maximum absolute atomic E-state index is 12.7.